The average molecular weight is 525 g/mol. The molecule has 2 saturated heterocycles. The Labute approximate surface area is 230 Å². The van der Waals surface area contributed by atoms with Gasteiger partial charge in [0, 0.05) is 35.8 Å². The molecule has 0 aromatic carbocycles. The van der Waals surface area contributed by atoms with Gasteiger partial charge in [-0.15, -0.1) is 0 Å². The molecule has 0 aromatic rings. The van der Waals surface area contributed by atoms with E-state index in [1.165, 1.54) is 0 Å². The fourth-order valence-electron chi connectivity index (χ4n) is 7.82. The summed E-state index contributed by atoms with van der Waals surface area (Å²) in [6.07, 6.45) is 1.99. The average Bonchev–Trinajstić information content (AvgIpc) is 3.06. The highest BCUT2D eigenvalue weighted by Crippen LogP contribution is 2.53. The molecule has 0 bridgehead atoms. The van der Waals surface area contributed by atoms with Crippen LogP contribution in [0.5, 0.6) is 0 Å². The van der Waals surface area contributed by atoms with Gasteiger partial charge in [0.15, 0.2) is 12.1 Å². The smallest absolute Gasteiger partial charge is 0.178 e. The number of hydrogen-bond acceptors (Lipinski definition) is 5. The maximum Gasteiger partial charge on any atom is 0.178 e. The maximum atomic E-state index is 7.35. The van der Waals surface area contributed by atoms with Crippen molar-refractivity contribution >= 4 is 0 Å². The van der Waals surface area contributed by atoms with E-state index in [0.717, 1.165) is 12.8 Å². The van der Waals surface area contributed by atoms with Crippen LogP contribution in [0.2, 0.25) is 0 Å². The molecule has 2 heterocycles. The van der Waals surface area contributed by atoms with Gasteiger partial charge in [-0.3, -0.25) is 0 Å². The van der Waals surface area contributed by atoms with E-state index in [-0.39, 0.29) is 42.3 Å². The zero-order chi connectivity index (χ0) is 28.4. The van der Waals surface area contributed by atoms with Crippen molar-refractivity contribution in [1.29, 1.82) is 0 Å². The minimum absolute atomic E-state index is 0.0389. The number of hydrogen-bond donors (Lipinski definition) is 2. The molecule has 37 heavy (non-hydrogen) atoms. The van der Waals surface area contributed by atoms with E-state index in [1.807, 2.05) is 0 Å². The Kier molecular flexibility index (Phi) is 12.0. The van der Waals surface area contributed by atoms with Crippen LogP contribution in [-0.4, -0.2) is 43.4 Å². The summed E-state index contributed by atoms with van der Waals surface area (Å²) in [5, 5.41) is 3.74. The first kappa shape index (κ1) is 33.0. The second-order valence-corrected chi connectivity index (χ2v) is 14.6. The van der Waals surface area contributed by atoms with Crippen molar-refractivity contribution in [2.75, 3.05) is 7.05 Å². The molecule has 0 amide bonds. The molecule has 10 unspecified atom stereocenters. The second kappa shape index (κ2) is 13.4. The summed E-state index contributed by atoms with van der Waals surface area (Å²) in [6.45, 7) is 29.8. The van der Waals surface area contributed by atoms with E-state index in [1.54, 1.807) is 0 Å². The predicted octanol–water partition coefficient (Wildman–Crippen LogP) is 6.94. The van der Waals surface area contributed by atoms with Crippen LogP contribution in [-0.2, 0) is 14.2 Å². The van der Waals surface area contributed by atoms with E-state index < -0.39 is 5.79 Å². The van der Waals surface area contributed by atoms with Gasteiger partial charge in [-0.05, 0) is 62.3 Å². The zero-order valence-corrected chi connectivity index (χ0v) is 26.9. The van der Waals surface area contributed by atoms with Crippen molar-refractivity contribution < 1.29 is 14.2 Å². The lowest BCUT2D eigenvalue weighted by molar-refractivity contribution is -0.372. The summed E-state index contributed by atoms with van der Waals surface area (Å²) < 4.78 is 21.6. The molecule has 0 spiro atoms. The third-order valence-electron chi connectivity index (χ3n) is 9.25. The topological polar surface area (TPSA) is 65.7 Å². The first-order valence-electron chi connectivity index (χ1n) is 15.5. The van der Waals surface area contributed by atoms with Crippen LogP contribution in [0.1, 0.15) is 103 Å². The van der Waals surface area contributed by atoms with Gasteiger partial charge in [0.05, 0.1) is 12.2 Å². The molecule has 0 radical (unpaired) electrons. The number of nitrogens with two attached hydrogens (primary N) is 1. The van der Waals surface area contributed by atoms with E-state index in [2.05, 4.69) is 102 Å². The maximum absolute atomic E-state index is 7.35. The van der Waals surface area contributed by atoms with E-state index in [0.29, 0.717) is 47.5 Å². The lowest BCUT2D eigenvalue weighted by Crippen LogP contribution is -2.63. The van der Waals surface area contributed by atoms with Gasteiger partial charge in [-0.1, -0.05) is 83.1 Å². The van der Waals surface area contributed by atoms with Gasteiger partial charge in [0.25, 0.3) is 0 Å². The normalized spacial score (nSPS) is 38.2. The molecule has 2 aliphatic heterocycles. The standard InChI is InChI=1S/C32H64N2O3/c1-17(2)15-24-27(20(7)8)30(34-14)28(21(9)10)31(35-24)37-32(22(11)12)29(23(13)33)26(19(5)6)25(36-32)16-18(3)4/h17-31,34H,15-16,33H2,1-14H3. The summed E-state index contributed by atoms with van der Waals surface area (Å²) in [5.74, 6) is 2.96. The van der Waals surface area contributed by atoms with Crippen molar-refractivity contribution in [2.45, 2.75) is 139 Å². The highest BCUT2D eigenvalue weighted by molar-refractivity contribution is 5.04. The molecule has 10 atom stereocenters. The van der Waals surface area contributed by atoms with Crippen molar-refractivity contribution in [3.8, 4) is 0 Å². The summed E-state index contributed by atoms with van der Waals surface area (Å²) in [7, 11) is 2.12. The fraction of sp³-hybridized carbons (Fsp3) is 1.00. The van der Waals surface area contributed by atoms with Gasteiger partial charge >= 0.3 is 0 Å². The Morgan fingerprint density at radius 3 is 1.59 bits per heavy atom. The van der Waals surface area contributed by atoms with Gasteiger partial charge in [0.1, 0.15) is 0 Å². The summed E-state index contributed by atoms with van der Waals surface area (Å²) in [4.78, 5) is 0. The van der Waals surface area contributed by atoms with Gasteiger partial charge in [-0.2, -0.15) is 0 Å². The van der Waals surface area contributed by atoms with Crippen molar-refractivity contribution in [3.05, 3.63) is 0 Å². The lowest BCUT2D eigenvalue weighted by atomic mass is 9.69. The van der Waals surface area contributed by atoms with Crippen LogP contribution in [0, 0.1) is 59.2 Å². The van der Waals surface area contributed by atoms with Gasteiger partial charge in [-0.25, -0.2) is 0 Å². The number of rotatable bonds is 12. The Hall–Kier alpha value is -0.200. The Balaban J connectivity index is 2.61. The predicted molar refractivity (Wildman–Crippen MR) is 156 cm³/mol. The molecule has 2 rings (SSSR count). The number of ether oxygens (including phenoxy) is 3. The minimum Gasteiger partial charge on any atom is -0.349 e. The lowest BCUT2D eigenvalue weighted by Gasteiger charge is -2.53. The molecule has 0 aromatic heterocycles. The highest BCUT2D eigenvalue weighted by atomic mass is 16.8. The van der Waals surface area contributed by atoms with E-state index >= 15 is 0 Å². The third-order valence-corrected chi connectivity index (χ3v) is 9.25. The molecule has 5 nitrogen and oxygen atoms in total. The van der Waals surface area contributed by atoms with Crippen LogP contribution >= 0.6 is 0 Å². The van der Waals surface area contributed by atoms with Crippen LogP contribution in [0.15, 0.2) is 0 Å². The molecule has 2 aliphatic rings. The van der Waals surface area contributed by atoms with Crippen molar-refractivity contribution in [3.63, 3.8) is 0 Å². The first-order valence-corrected chi connectivity index (χ1v) is 15.5. The molecule has 220 valence electrons. The van der Waals surface area contributed by atoms with Crippen LogP contribution in [0.4, 0.5) is 0 Å². The minimum atomic E-state index is -0.772. The van der Waals surface area contributed by atoms with E-state index in [4.69, 9.17) is 19.9 Å². The number of nitrogens with one attached hydrogen (secondary N) is 1. The molecule has 3 N–H and O–H groups in total. The molecule has 5 heteroatoms. The van der Waals surface area contributed by atoms with Crippen LogP contribution < -0.4 is 11.1 Å². The largest absolute Gasteiger partial charge is 0.349 e. The quantitative estimate of drug-likeness (QED) is 0.289. The fourth-order valence-corrected chi connectivity index (χ4v) is 7.82. The zero-order valence-electron chi connectivity index (χ0n) is 26.9. The molecule has 0 saturated carbocycles. The highest BCUT2D eigenvalue weighted by Gasteiger charge is 2.61. The summed E-state index contributed by atoms with van der Waals surface area (Å²) >= 11 is 0. The van der Waals surface area contributed by atoms with Crippen LogP contribution in [0.25, 0.3) is 0 Å². The SMILES string of the molecule is CNC1C(C(C)C)C(CC(C)C)OC(OC2(C(C)C)OC(CC(C)C)C(C(C)C)C2C(C)N)C1C(C)C. The van der Waals surface area contributed by atoms with Crippen LogP contribution in [0.3, 0.4) is 0 Å². The second-order valence-electron chi connectivity index (χ2n) is 14.6. The van der Waals surface area contributed by atoms with Gasteiger partial charge in [0.2, 0.25) is 0 Å². The Morgan fingerprint density at radius 1 is 0.730 bits per heavy atom. The molecular weight excluding hydrogens is 460 g/mol. The summed E-state index contributed by atoms with van der Waals surface area (Å²) in [5.41, 5.74) is 6.83. The Morgan fingerprint density at radius 2 is 1.22 bits per heavy atom. The van der Waals surface area contributed by atoms with Gasteiger partial charge < -0.3 is 25.3 Å². The first-order chi connectivity index (χ1) is 17.1. The Bertz CT molecular complexity index is 677. The third kappa shape index (κ3) is 7.12. The molecule has 0 aliphatic carbocycles. The van der Waals surface area contributed by atoms with E-state index in [9.17, 15) is 0 Å². The molecule has 2 fully saturated rings. The van der Waals surface area contributed by atoms with Crippen molar-refractivity contribution in [1.82, 2.24) is 5.32 Å². The van der Waals surface area contributed by atoms with Crippen molar-refractivity contribution in [2.24, 2.45) is 64.9 Å². The molecular formula is C32H64N2O3. The monoisotopic (exact) mass is 524 g/mol. The summed E-state index contributed by atoms with van der Waals surface area (Å²) in [6, 6.07) is 0.275.